The SMILES string of the molecule is CN(Cc1cnn(C)c1)C(=O)c1cc(N)cc(Br)c1. The Labute approximate surface area is 120 Å². The fourth-order valence-electron chi connectivity index (χ4n) is 1.86. The number of amides is 1. The molecule has 100 valence electrons. The monoisotopic (exact) mass is 322 g/mol. The van der Waals surface area contributed by atoms with E-state index in [0.717, 1.165) is 10.0 Å². The number of nitrogens with zero attached hydrogens (tertiary/aromatic N) is 3. The lowest BCUT2D eigenvalue weighted by Crippen LogP contribution is -2.26. The molecule has 0 aliphatic heterocycles. The predicted octanol–water partition coefficient (Wildman–Crippen LogP) is 2.04. The molecule has 0 saturated carbocycles. The Morgan fingerprint density at radius 1 is 1.47 bits per heavy atom. The van der Waals surface area contributed by atoms with E-state index in [-0.39, 0.29) is 5.91 Å². The molecule has 0 radical (unpaired) electrons. The van der Waals surface area contributed by atoms with Gasteiger partial charge in [-0.2, -0.15) is 5.10 Å². The van der Waals surface area contributed by atoms with Gasteiger partial charge in [0.1, 0.15) is 0 Å². The van der Waals surface area contributed by atoms with Crippen LogP contribution in [0.5, 0.6) is 0 Å². The molecule has 19 heavy (non-hydrogen) atoms. The summed E-state index contributed by atoms with van der Waals surface area (Å²) in [6.45, 7) is 0.513. The van der Waals surface area contributed by atoms with Gasteiger partial charge in [0, 0.05) is 48.1 Å². The van der Waals surface area contributed by atoms with Gasteiger partial charge in [-0.05, 0) is 18.2 Å². The summed E-state index contributed by atoms with van der Waals surface area (Å²) in [5, 5.41) is 4.08. The van der Waals surface area contributed by atoms with Gasteiger partial charge < -0.3 is 10.6 Å². The molecule has 1 amide bonds. The van der Waals surface area contributed by atoms with E-state index < -0.39 is 0 Å². The third kappa shape index (κ3) is 3.35. The average Bonchev–Trinajstić information content (AvgIpc) is 2.72. The van der Waals surface area contributed by atoms with Gasteiger partial charge in [-0.25, -0.2) is 0 Å². The number of hydrogen-bond acceptors (Lipinski definition) is 3. The second kappa shape index (κ2) is 5.44. The summed E-state index contributed by atoms with van der Waals surface area (Å²) in [4.78, 5) is 13.9. The molecular formula is C13H15BrN4O. The van der Waals surface area contributed by atoms with E-state index in [9.17, 15) is 4.79 Å². The predicted molar refractivity (Wildman–Crippen MR) is 77.6 cm³/mol. The number of nitrogens with two attached hydrogens (primary N) is 1. The summed E-state index contributed by atoms with van der Waals surface area (Å²) in [5.41, 5.74) is 7.86. The molecule has 0 saturated heterocycles. The van der Waals surface area contributed by atoms with Gasteiger partial charge in [0.05, 0.1) is 6.20 Å². The molecule has 0 fully saturated rings. The average molecular weight is 323 g/mol. The third-order valence-corrected chi connectivity index (χ3v) is 3.15. The number of rotatable bonds is 3. The van der Waals surface area contributed by atoms with Crippen LogP contribution < -0.4 is 5.73 Å². The molecule has 1 aromatic carbocycles. The fourth-order valence-corrected chi connectivity index (χ4v) is 2.37. The maximum absolute atomic E-state index is 12.3. The van der Waals surface area contributed by atoms with Crippen LogP contribution in [0.2, 0.25) is 0 Å². The van der Waals surface area contributed by atoms with Crippen molar-refractivity contribution < 1.29 is 4.79 Å². The summed E-state index contributed by atoms with van der Waals surface area (Å²) in [7, 11) is 3.60. The lowest BCUT2D eigenvalue weighted by atomic mass is 10.1. The number of nitrogen functional groups attached to an aromatic ring is 1. The van der Waals surface area contributed by atoms with Crippen molar-refractivity contribution in [3.63, 3.8) is 0 Å². The van der Waals surface area contributed by atoms with Crippen LogP contribution in [-0.4, -0.2) is 27.6 Å². The summed E-state index contributed by atoms with van der Waals surface area (Å²) < 4.78 is 2.51. The zero-order chi connectivity index (χ0) is 14.0. The van der Waals surface area contributed by atoms with Gasteiger partial charge in [-0.15, -0.1) is 0 Å². The van der Waals surface area contributed by atoms with Crippen LogP contribution in [0, 0.1) is 0 Å². The number of halogens is 1. The molecule has 0 spiro atoms. The number of carbonyl (C=O) groups is 1. The minimum Gasteiger partial charge on any atom is -0.399 e. The van der Waals surface area contributed by atoms with Crippen molar-refractivity contribution in [2.45, 2.75) is 6.54 Å². The highest BCUT2D eigenvalue weighted by atomic mass is 79.9. The maximum atomic E-state index is 12.3. The highest BCUT2D eigenvalue weighted by Gasteiger charge is 2.13. The van der Waals surface area contributed by atoms with Crippen LogP contribution in [0.3, 0.4) is 0 Å². The van der Waals surface area contributed by atoms with Gasteiger partial charge in [0.15, 0.2) is 0 Å². The van der Waals surface area contributed by atoms with Gasteiger partial charge in [0.2, 0.25) is 0 Å². The van der Waals surface area contributed by atoms with Crippen LogP contribution >= 0.6 is 15.9 Å². The van der Waals surface area contributed by atoms with Crippen molar-refractivity contribution in [2.75, 3.05) is 12.8 Å². The lowest BCUT2D eigenvalue weighted by molar-refractivity contribution is 0.0785. The van der Waals surface area contributed by atoms with E-state index in [1.165, 1.54) is 0 Å². The van der Waals surface area contributed by atoms with Crippen molar-refractivity contribution in [3.8, 4) is 0 Å². The number of anilines is 1. The first-order valence-corrected chi connectivity index (χ1v) is 6.54. The molecule has 5 nitrogen and oxygen atoms in total. The van der Waals surface area contributed by atoms with E-state index >= 15 is 0 Å². The van der Waals surface area contributed by atoms with E-state index in [0.29, 0.717) is 17.8 Å². The van der Waals surface area contributed by atoms with Crippen molar-refractivity contribution >= 4 is 27.5 Å². The number of carbonyl (C=O) groups excluding carboxylic acids is 1. The Hall–Kier alpha value is -1.82. The molecule has 0 unspecified atom stereocenters. The van der Waals surface area contributed by atoms with Gasteiger partial charge >= 0.3 is 0 Å². The van der Waals surface area contributed by atoms with Crippen molar-refractivity contribution in [2.24, 2.45) is 7.05 Å². The molecule has 0 aliphatic rings. The molecule has 1 heterocycles. The number of aryl methyl sites for hydroxylation is 1. The Morgan fingerprint density at radius 2 is 2.21 bits per heavy atom. The quantitative estimate of drug-likeness (QED) is 0.879. The van der Waals surface area contributed by atoms with Crippen molar-refractivity contribution in [1.82, 2.24) is 14.7 Å². The third-order valence-electron chi connectivity index (χ3n) is 2.69. The largest absolute Gasteiger partial charge is 0.399 e. The zero-order valence-electron chi connectivity index (χ0n) is 10.8. The normalized spacial score (nSPS) is 10.5. The Balaban J connectivity index is 2.14. The van der Waals surface area contributed by atoms with Crippen molar-refractivity contribution in [1.29, 1.82) is 0 Å². The Bertz CT molecular complexity index is 588. The molecule has 1 aromatic heterocycles. The molecule has 0 atom stereocenters. The molecule has 6 heteroatoms. The Morgan fingerprint density at radius 3 is 2.79 bits per heavy atom. The highest BCUT2D eigenvalue weighted by Crippen LogP contribution is 2.18. The molecule has 0 aliphatic carbocycles. The van der Waals surface area contributed by atoms with Crippen LogP contribution in [0.25, 0.3) is 0 Å². The van der Waals surface area contributed by atoms with E-state index in [4.69, 9.17) is 5.73 Å². The topological polar surface area (TPSA) is 64.2 Å². The molecular weight excluding hydrogens is 308 g/mol. The first-order chi connectivity index (χ1) is 8.95. The smallest absolute Gasteiger partial charge is 0.254 e. The number of hydrogen-bond donors (Lipinski definition) is 1. The summed E-state index contributed by atoms with van der Waals surface area (Å²) in [6, 6.07) is 5.20. The van der Waals surface area contributed by atoms with Gasteiger partial charge in [-0.1, -0.05) is 15.9 Å². The second-order valence-corrected chi connectivity index (χ2v) is 5.37. The Kier molecular flexibility index (Phi) is 3.90. The van der Waals surface area contributed by atoms with E-state index in [2.05, 4.69) is 21.0 Å². The second-order valence-electron chi connectivity index (χ2n) is 4.46. The molecule has 0 bridgehead atoms. The summed E-state index contributed by atoms with van der Waals surface area (Å²) in [6.07, 6.45) is 3.64. The van der Waals surface area contributed by atoms with Gasteiger partial charge in [0.25, 0.3) is 5.91 Å². The summed E-state index contributed by atoms with van der Waals surface area (Å²) >= 11 is 3.34. The van der Waals surface area contributed by atoms with E-state index in [1.54, 1.807) is 41.0 Å². The standard InChI is InChI=1S/C13H15BrN4O/c1-17(7-9-6-16-18(2)8-9)13(19)10-3-11(14)5-12(15)4-10/h3-6,8H,7,15H2,1-2H3. The van der Waals surface area contributed by atoms with Crippen molar-refractivity contribution in [3.05, 3.63) is 46.2 Å². The number of benzene rings is 1. The van der Waals surface area contributed by atoms with Crippen LogP contribution in [-0.2, 0) is 13.6 Å². The minimum absolute atomic E-state index is 0.0724. The minimum atomic E-state index is -0.0724. The maximum Gasteiger partial charge on any atom is 0.254 e. The van der Waals surface area contributed by atoms with Gasteiger partial charge in [-0.3, -0.25) is 9.48 Å². The van der Waals surface area contributed by atoms with Crippen LogP contribution in [0.1, 0.15) is 15.9 Å². The van der Waals surface area contributed by atoms with Crippen LogP contribution in [0.4, 0.5) is 5.69 Å². The lowest BCUT2D eigenvalue weighted by Gasteiger charge is -2.16. The van der Waals surface area contributed by atoms with Crippen LogP contribution in [0.15, 0.2) is 35.1 Å². The summed E-state index contributed by atoms with van der Waals surface area (Å²) in [5.74, 6) is -0.0724. The molecule has 2 rings (SSSR count). The number of aromatic nitrogens is 2. The highest BCUT2D eigenvalue weighted by molar-refractivity contribution is 9.10. The first kappa shape index (κ1) is 13.6. The van der Waals surface area contributed by atoms with E-state index in [1.807, 2.05) is 13.2 Å². The first-order valence-electron chi connectivity index (χ1n) is 5.75. The zero-order valence-corrected chi connectivity index (χ0v) is 12.4. The molecule has 2 N–H and O–H groups in total. The fraction of sp³-hybridized carbons (Fsp3) is 0.231. The molecule has 2 aromatic rings.